The third-order valence-corrected chi connectivity index (χ3v) is 3.99. The van der Waals surface area contributed by atoms with Crippen molar-refractivity contribution >= 4 is 5.91 Å². The van der Waals surface area contributed by atoms with Gasteiger partial charge in [0.15, 0.2) is 0 Å². The molecule has 3 rings (SSSR count). The van der Waals surface area contributed by atoms with Gasteiger partial charge in [0.2, 0.25) is 0 Å². The monoisotopic (exact) mass is 297 g/mol. The minimum absolute atomic E-state index is 0.122. The van der Waals surface area contributed by atoms with E-state index in [1.165, 1.54) is 0 Å². The highest BCUT2D eigenvalue weighted by molar-refractivity contribution is 5.93. The third kappa shape index (κ3) is 3.08. The van der Waals surface area contributed by atoms with Crippen molar-refractivity contribution in [2.24, 2.45) is 5.92 Å². The maximum absolute atomic E-state index is 12.6. The van der Waals surface area contributed by atoms with Gasteiger partial charge in [0.25, 0.3) is 5.91 Å². The zero-order valence-corrected chi connectivity index (χ0v) is 12.6. The van der Waals surface area contributed by atoms with Gasteiger partial charge in [-0.25, -0.2) is 4.79 Å². The Hall–Kier alpha value is -2.43. The number of likely N-dealkylation sites (tertiary alicyclic amines) is 1. The summed E-state index contributed by atoms with van der Waals surface area (Å²) in [4.78, 5) is 32.8. The van der Waals surface area contributed by atoms with Crippen LogP contribution >= 0.6 is 0 Å². The van der Waals surface area contributed by atoms with Crippen LogP contribution < -0.4 is 5.69 Å². The first-order valence-electron chi connectivity index (χ1n) is 7.59. The molecule has 1 aliphatic rings. The number of nitrogens with one attached hydrogen (secondary N) is 1. The van der Waals surface area contributed by atoms with Crippen LogP contribution in [0.3, 0.4) is 0 Å². The van der Waals surface area contributed by atoms with Gasteiger partial charge in [0.05, 0.1) is 5.69 Å². The summed E-state index contributed by atoms with van der Waals surface area (Å²) in [5.74, 6) is 0.378. The number of benzene rings is 1. The van der Waals surface area contributed by atoms with Crippen LogP contribution in [-0.4, -0.2) is 33.9 Å². The van der Waals surface area contributed by atoms with Gasteiger partial charge in [-0.15, -0.1) is 0 Å². The van der Waals surface area contributed by atoms with Crippen molar-refractivity contribution in [2.75, 3.05) is 13.1 Å². The number of aromatic nitrogens is 2. The SMILES string of the molecule is CC1CCCN(C(=O)c2cc(-c3ccccc3)nc(=O)[nH]2)C1. The van der Waals surface area contributed by atoms with E-state index in [2.05, 4.69) is 16.9 Å². The van der Waals surface area contributed by atoms with E-state index < -0.39 is 5.69 Å². The highest BCUT2D eigenvalue weighted by Gasteiger charge is 2.23. The van der Waals surface area contributed by atoms with Gasteiger partial charge in [-0.1, -0.05) is 37.3 Å². The van der Waals surface area contributed by atoms with Crippen LogP contribution in [-0.2, 0) is 0 Å². The summed E-state index contributed by atoms with van der Waals surface area (Å²) in [7, 11) is 0. The summed E-state index contributed by atoms with van der Waals surface area (Å²) in [5, 5.41) is 0. The van der Waals surface area contributed by atoms with Crippen molar-refractivity contribution in [3.05, 3.63) is 52.6 Å². The second kappa shape index (κ2) is 6.13. The van der Waals surface area contributed by atoms with E-state index in [-0.39, 0.29) is 5.91 Å². The van der Waals surface area contributed by atoms with Gasteiger partial charge in [0.1, 0.15) is 5.69 Å². The number of amides is 1. The molecular weight excluding hydrogens is 278 g/mol. The molecule has 2 heterocycles. The molecule has 5 nitrogen and oxygen atoms in total. The lowest BCUT2D eigenvalue weighted by atomic mass is 10.00. The Bertz CT molecular complexity index is 724. The molecule has 1 N–H and O–H groups in total. The molecule has 1 fully saturated rings. The van der Waals surface area contributed by atoms with Crippen LogP contribution in [0.1, 0.15) is 30.3 Å². The molecule has 0 spiro atoms. The van der Waals surface area contributed by atoms with E-state index in [1.54, 1.807) is 6.07 Å². The van der Waals surface area contributed by atoms with Crippen molar-refractivity contribution in [3.63, 3.8) is 0 Å². The molecule has 0 aliphatic carbocycles. The van der Waals surface area contributed by atoms with E-state index >= 15 is 0 Å². The molecule has 0 radical (unpaired) electrons. The predicted octanol–water partition coefficient (Wildman–Crippen LogP) is 2.31. The normalized spacial score (nSPS) is 18.2. The number of piperidine rings is 1. The maximum Gasteiger partial charge on any atom is 0.346 e. The third-order valence-electron chi connectivity index (χ3n) is 3.99. The molecule has 114 valence electrons. The molecular formula is C17H19N3O2. The van der Waals surface area contributed by atoms with Crippen molar-refractivity contribution in [1.29, 1.82) is 0 Å². The number of carbonyl (C=O) groups excluding carboxylic acids is 1. The predicted molar refractivity (Wildman–Crippen MR) is 84.6 cm³/mol. The quantitative estimate of drug-likeness (QED) is 0.925. The number of H-pyrrole nitrogens is 1. The minimum Gasteiger partial charge on any atom is -0.337 e. The fourth-order valence-corrected chi connectivity index (χ4v) is 2.87. The summed E-state index contributed by atoms with van der Waals surface area (Å²) in [6.07, 6.45) is 2.15. The van der Waals surface area contributed by atoms with Gasteiger partial charge in [-0.05, 0) is 24.8 Å². The molecule has 2 aromatic rings. The molecule has 1 amide bonds. The lowest BCUT2D eigenvalue weighted by Gasteiger charge is -2.30. The van der Waals surface area contributed by atoms with Gasteiger partial charge < -0.3 is 9.88 Å². The Balaban J connectivity index is 1.92. The van der Waals surface area contributed by atoms with E-state index in [0.717, 1.165) is 31.5 Å². The number of hydrogen-bond donors (Lipinski definition) is 1. The van der Waals surface area contributed by atoms with Crippen LogP contribution in [0.5, 0.6) is 0 Å². The van der Waals surface area contributed by atoms with Gasteiger partial charge >= 0.3 is 5.69 Å². The molecule has 1 unspecified atom stereocenters. The van der Waals surface area contributed by atoms with E-state index in [1.807, 2.05) is 35.2 Å². The van der Waals surface area contributed by atoms with Crippen LogP contribution in [0, 0.1) is 5.92 Å². The molecule has 1 aromatic heterocycles. The van der Waals surface area contributed by atoms with Crippen molar-refractivity contribution in [1.82, 2.24) is 14.9 Å². The lowest BCUT2D eigenvalue weighted by molar-refractivity contribution is 0.0676. The average Bonchev–Trinajstić information content (AvgIpc) is 2.54. The topological polar surface area (TPSA) is 66.1 Å². The Morgan fingerprint density at radius 1 is 1.32 bits per heavy atom. The smallest absolute Gasteiger partial charge is 0.337 e. The molecule has 1 saturated heterocycles. The molecule has 0 bridgehead atoms. The first-order valence-corrected chi connectivity index (χ1v) is 7.59. The highest BCUT2D eigenvalue weighted by Crippen LogP contribution is 2.19. The van der Waals surface area contributed by atoms with Crippen molar-refractivity contribution in [2.45, 2.75) is 19.8 Å². The fourth-order valence-electron chi connectivity index (χ4n) is 2.87. The number of hydrogen-bond acceptors (Lipinski definition) is 3. The fraction of sp³-hybridized carbons (Fsp3) is 0.353. The Morgan fingerprint density at radius 3 is 2.82 bits per heavy atom. The van der Waals surface area contributed by atoms with Gasteiger partial charge in [0, 0.05) is 18.7 Å². The van der Waals surface area contributed by atoms with E-state index in [0.29, 0.717) is 17.3 Å². The average molecular weight is 297 g/mol. The van der Waals surface area contributed by atoms with Crippen molar-refractivity contribution in [3.8, 4) is 11.3 Å². The molecule has 1 aliphatic heterocycles. The number of aromatic amines is 1. The van der Waals surface area contributed by atoms with Crippen molar-refractivity contribution < 1.29 is 4.79 Å². The Kier molecular flexibility index (Phi) is 4.04. The summed E-state index contributed by atoms with van der Waals surface area (Å²) < 4.78 is 0. The summed E-state index contributed by atoms with van der Waals surface area (Å²) >= 11 is 0. The van der Waals surface area contributed by atoms with Crippen LogP contribution in [0.25, 0.3) is 11.3 Å². The van der Waals surface area contributed by atoms with Crippen LogP contribution in [0.2, 0.25) is 0 Å². The zero-order chi connectivity index (χ0) is 15.5. The second-order valence-corrected chi connectivity index (χ2v) is 5.85. The largest absolute Gasteiger partial charge is 0.346 e. The summed E-state index contributed by atoms with van der Waals surface area (Å²) in [6, 6.07) is 11.1. The molecule has 1 aromatic carbocycles. The first-order chi connectivity index (χ1) is 10.6. The molecule has 1 atom stereocenters. The Morgan fingerprint density at radius 2 is 2.09 bits per heavy atom. The van der Waals surface area contributed by atoms with Gasteiger partial charge in [-0.2, -0.15) is 4.98 Å². The van der Waals surface area contributed by atoms with E-state index in [9.17, 15) is 9.59 Å². The van der Waals surface area contributed by atoms with Crippen LogP contribution in [0.15, 0.2) is 41.2 Å². The lowest BCUT2D eigenvalue weighted by Crippen LogP contribution is -2.40. The summed E-state index contributed by atoms with van der Waals surface area (Å²) in [6.45, 7) is 3.63. The number of nitrogens with zero attached hydrogens (tertiary/aromatic N) is 2. The standard InChI is InChI=1S/C17H19N3O2/c1-12-6-5-9-20(11-12)16(21)15-10-14(18-17(22)19-15)13-7-3-2-4-8-13/h2-4,7-8,10,12H,5-6,9,11H2,1H3,(H,18,19,22). The maximum atomic E-state index is 12.6. The second-order valence-electron chi connectivity index (χ2n) is 5.85. The zero-order valence-electron chi connectivity index (χ0n) is 12.6. The first kappa shape index (κ1) is 14.5. The van der Waals surface area contributed by atoms with Crippen LogP contribution in [0.4, 0.5) is 0 Å². The highest BCUT2D eigenvalue weighted by atomic mass is 16.2. The number of rotatable bonds is 2. The molecule has 0 saturated carbocycles. The summed E-state index contributed by atoms with van der Waals surface area (Å²) in [5.41, 5.74) is 1.18. The molecule has 5 heteroatoms. The Labute approximate surface area is 129 Å². The van der Waals surface area contributed by atoms with Gasteiger partial charge in [-0.3, -0.25) is 4.79 Å². The minimum atomic E-state index is -0.491. The van der Waals surface area contributed by atoms with E-state index in [4.69, 9.17) is 0 Å². The number of carbonyl (C=O) groups is 1. The molecule has 22 heavy (non-hydrogen) atoms.